The van der Waals surface area contributed by atoms with Gasteiger partial charge in [-0.2, -0.15) is 0 Å². The number of piperidine rings is 1. The van der Waals surface area contributed by atoms with Crippen LogP contribution in [-0.4, -0.2) is 49.3 Å². The van der Waals surface area contributed by atoms with Crippen LogP contribution in [0.1, 0.15) is 43.0 Å². The first kappa shape index (κ1) is 18.5. The van der Waals surface area contributed by atoms with Crippen LogP contribution in [0, 0.1) is 5.92 Å². The Bertz CT molecular complexity index is 795. The molecule has 2 saturated heterocycles. The number of rotatable bonds is 5. The number of benzene rings is 2. The molecule has 0 bridgehead atoms. The second-order valence-corrected chi connectivity index (χ2v) is 7.74. The molecule has 4 nitrogen and oxygen atoms in total. The number of fused-ring (bicyclic) bond motifs is 1. The Labute approximate surface area is 161 Å². The van der Waals surface area contributed by atoms with Crippen molar-refractivity contribution in [3.05, 3.63) is 48.0 Å². The molecule has 2 heterocycles. The van der Waals surface area contributed by atoms with Crippen molar-refractivity contribution in [3.8, 4) is 0 Å². The molecule has 0 N–H and O–H groups in total. The van der Waals surface area contributed by atoms with E-state index in [-0.39, 0.29) is 11.5 Å². The Morgan fingerprint density at radius 2 is 1.96 bits per heavy atom. The lowest BCUT2D eigenvalue weighted by atomic mass is 9.78. The molecule has 144 valence electrons. The minimum Gasteiger partial charge on any atom is -0.382 e. The maximum atomic E-state index is 13.0. The highest BCUT2D eigenvalue weighted by Crippen LogP contribution is 2.42. The summed E-state index contributed by atoms with van der Waals surface area (Å²) >= 11 is 0. The molecule has 0 saturated carbocycles. The van der Waals surface area contributed by atoms with Crippen molar-refractivity contribution in [3.63, 3.8) is 0 Å². The van der Waals surface area contributed by atoms with Crippen LogP contribution in [0.5, 0.6) is 0 Å². The van der Waals surface area contributed by atoms with Gasteiger partial charge < -0.3 is 14.4 Å². The van der Waals surface area contributed by atoms with Crippen LogP contribution in [0.2, 0.25) is 0 Å². The average Bonchev–Trinajstić information content (AvgIpc) is 3.10. The SMILES string of the molecule is CCOCC[C@H]1CCOC12CCN(C(=O)c1ccc3ccccc3c1)CC2. The molecule has 0 aromatic heterocycles. The van der Waals surface area contributed by atoms with Gasteiger partial charge in [0.05, 0.1) is 5.60 Å². The first-order valence-electron chi connectivity index (χ1n) is 10.2. The Kier molecular flexibility index (Phi) is 5.46. The number of nitrogens with zero attached hydrogens (tertiary/aromatic N) is 1. The smallest absolute Gasteiger partial charge is 0.253 e. The Morgan fingerprint density at radius 3 is 2.74 bits per heavy atom. The first-order chi connectivity index (χ1) is 13.2. The molecule has 0 radical (unpaired) electrons. The summed E-state index contributed by atoms with van der Waals surface area (Å²) in [7, 11) is 0. The molecule has 0 aliphatic carbocycles. The Hall–Kier alpha value is -1.91. The number of carbonyl (C=O) groups is 1. The van der Waals surface area contributed by atoms with Crippen LogP contribution in [0.4, 0.5) is 0 Å². The molecule has 2 aromatic carbocycles. The van der Waals surface area contributed by atoms with Crippen LogP contribution in [-0.2, 0) is 9.47 Å². The van der Waals surface area contributed by atoms with E-state index in [1.54, 1.807) is 0 Å². The van der Waals surface area contributed by atoms with E-state index in [1.165, 1.54) is 5.39 Å². The molecule has 4 rings (SSSR count). The Balaban J connectivity index is 1.41. The highest BCUT2D eigenvalue weighted by atomic mass is 16.5. The standard InChI is InChI=1S/C23H29NO3/c1-2-26-15-9-21-10-16-27-23(21)11-13-24(14-12-23)22(25)20-8-7-18-5-3-4-6-19(18)17-20/h3-8,17,21H,2,9-16H2,1H3/t21-/m0/s1. The molecule has 2 aliphatic rings. The second-order valence-electron chi connectivity index (χ2n) is 7.74. The minimum absolute atomic E-state index is 0.0444. The molecular weight excluding hydrogens is 338 g/mol. The van der Waals surface area contributed by atoms with Gasteiger partial charge in [-0.15, -0.1) is 0 Å². The number of hydrogen-bond acceptors (Lipinski definition) is 3. The molecule has 1 amide bonds. The second kappa shape index (κ2) is 7.99. The van der Waals surface area contributed by atoms with E-state index in [1.807, 2.05) is 42.2 Å². The van der Waals surface area contributed by atoms with Crippen molar-refractivity contribution in [1.82, 2.24) is 4.90 Å². The predicted octanol–water partition coefficient (Wildman–Crippen LogP) is 4.28. The highest BCUT2D eigenvalue weighted by Gasteiger charge is 2.46. The number of ether oxygens (including phenoxy) is 2. The van der Waals surface area contributed by atoms with E-state index in [9.17, 15) is 4.79 Å². The highest BCUT2D eigenvalue weighted by molar-refractivity contribution is 5.98. The zero-order valence-electron chi connectivity index (χ0n) is 16.2. The molecule has 2 fully saturated rings. The van der Waals surface area contributed by atoms with E-state index in [0.29, 0.717) is 5.92 Å². The molecule has 4 heteroatoms. The molecule has 2 aliphatic heterocycles. The number of hydrogen-bond donors (Lipinski definition) is 0. The predicted molar refractivity (Wildman–Crippen MR) is 107 cm³/mol. The summed E-state index contributed by atoms with van der Waals surface area (Å²) in [6.45, 7) is 6.02. The maximum Gasteiger partial charge on any atom is 0.253 e. The fourth-order valence-electron chi connectivity index (χ4n) is 4.71. The molecule has 1 atom stereocenters. The fourth-order valence-corrected chi connectivity index (χ4v) is 4.71. The van der Waals surface area contributed by atoms with Gasteiger partial charge in [-0.1, -0.05) is 30.3 Å². The van der Waals surface area contributed by atoms with Gasteiger partial charge in [0.1, 0.15) is 0 Å². The molecule has 27 heavy (non-hydrogen) atoms. The number of carbonyl (C=O) groups excluding carboxylic acids is 1. The first-order valence-corrected chi connectivity index (χ1v) is 10.2. The lowest BCUT2D eigenvalue weighted by Gasteiger charge is -2.42. The van der Waals surface area contributed by atoms with Crippen LogP contribution in [0.25, 0.3) is 10.8 Å². The van der Waals surface area contributed by atoms with Crippen molar-refractivity contribution in [2.75, 3.05) is 32.9 Å². The van der Waals surface area contributed by atoms with Gasteiger partial charge in [0.25, 0.3) is 5.91 Å². The van der Waals surface area contributed by atoms with E-state index in [0.717, 1.165) is 69.5 Å². The van der Waals surface area contributed by atoms with E-state index in [2.05, 4.69) is 12.1 Å². The van der Waals surface area contributed by atoms with Crippen molar-refractivity contribution in [2.24, 2.45) is 5.92 Å². The van der Waals surface area contributed by atoms with Gasteiger partial charge in [0, 0.05) is 38.5 Å². The maximum absolute atomic E-state index is 13.0. The van der Waals surface area contributed by atoms with E-state index < -0.39 is 0 Å². The topological polar surface area (TPSA) is 38.8 Å². The summed E-state index contributed by atoms with van der Waals surface area (Å²) in [5.74, 6) is 0.696. The van der Waals surface area contributed by atoms with Crippen LogP contribution in [0.15, 0.2) is 42.5 Å². The third-order valence-electron chi connectivity index (χ3n) is 6.31. The van der Waals surface area contributed by atoms with Gasteiger partial charge in [-0.05, 0) is 61.4 Å². The van der Waals surface area contributed by atoms with Gasteiger partial charge in [0.2, 0.25) is 0 Å². The average molecular weight is 367 g/mol. The Morgan fingerprint density at radius 1 is 1.19 bits per heavy atom. The zero-order valence-corrected chi connectivity index (χ0v) is 16.2. The molecule has 1 spiro atoms. The van der Waals surface area contributed by atoms with Crippen LogP contribution in [0.3, 0.4) is 0 Å². The molecule has 0 unspecified atom stereocenters. The van der Waals surface area contributed by atoms with Gasteiger partial charge >= 0.3 is 0 Å². The van der Waals surface area contributed by atoms with Crippen molar-refractivity contribution in [1.29, 1.82) is 0 Å². The summed E-state index contributed by atoms with van der Waals surface area (Å²) in [5.41, 5.74) is 0.738. The molecule has 2 aromatic rings. The number of likely N-dealkylation sites (tertiary alicyclic amines) is 1. The van der Waals surface area contributed by atoms with Gasteiger partial charge in [-0.25, -0.2) is 0 Å². The van der Waals surface area contributed by atoms with Crippen LogP contribution < -0.4 is 0 Å². The fraction of sp³-hybridized carbons (Fsp3) is 0.522. The summed E-state index contributed by atoms with van der Waals surface area (Å²) < 4.78 is 11.8. The minimum atomic E-state index is -0.0444. The summed E-state index contributed by atoms with van der Waals surface area (Å²) in [6.07, 6.45) is 4.05. The van der Waals surface area contributed by atoms with E-state index >= 15 is 0 Å². The quantitative estimate of drug-likeness (QED) is 0.741. The van der Waals surface area contributed by atoms with E-state index in [4.69, 9.17) is 9.47 Å². The lowest BCUT2D eigenvalue weighted by Crippen LogP contribution is -2.49. The van der Waals surface area contributed by atoms with Crippen molar-refractivity contribution in [2.45, 2.75) is 38.2 Å². The lowest BCUT2D eigenvalue weighted by molar-refractivity contribution is -0.0669. The normalized spacial score (nSPS) is 21.8. The summed E-state index contributed by atoms with van der Waals surface area (Å²) in [5, 5.41) is 2.29. The summed E-state index contributed by atoms with van der Waals surface area (Å²) in [4.78, 5) is 15.0. The third kappa shape index (κ3) is 3.74. The van der Waals surface area contributed by atoms with Gasteiger partial charge in [-0.3, -0.25) is 4.79 Å². The molecular formula is C23H29NO3. The third-order valence-corrected chi connectivity index (χ3v) is 6.31. The van der Waals surface area contributed by atoms with Gasteiger partial charge in [0.15, 0.2) is 0 Å². The number of amides is 1. The largest absolute Gasteiger partial charge is 0.382 e. The summed E-state index contributed by atoms with van der Waals surface area (Å²) in [6, 6.07) is 14.2. The van der Waals surface area contributed by atoms with Crippen LogP contribution >= 0.6 is 0 Å². The zero-order chi connectivity index (χ0) is 18.7. The monoisotopic (exact) mass is 367 g/mol. The van der Waals surface area contributed by atoms with Crippen molar-refractivity contribution >= 4 is 16.7 Å². The van der Waals surface area contributed by atoms with Crippen molar-refractivity contribution < 1.29 is 14.3 Å².